The van der Waals surface area contributed by atoms with Gasteiger partial charge in [-0.1, -0.05) is 26.0 Å². The van der Waals surface area contributed by atoms with Gasteiger partial charge in [-0.15, -0.1) is 11.8 Å². The maximum Gasteiger partial charge on any atom is 0.116 e. The highest BCUT2D eigenvalue weighted by atomic mass is 32.2. The van der Waals surface area contributed by atoms with Crippen LogP contribution < -0.4 is 5.73 Å². The number of hydrogen-bond donors (Lipinski definition) is 1. The van der Waals surface area contributed by atoms with Crippen LogP contribution in [0, 0.1) is 17.2 Å². The highest BCUT2D eigenvalue weighted by Crippen LogP contribution is 2.40. The van der Waals surface area contributed by atoms with Crippen molar-refractivity contribution in [3.8, 4) is 6.07 Å². The molecule has 0 saturated heterocycles. The van der Waals surface area contributed by atoms with Gasteiger partial charge in [0.2, 0.25) is 0 Å². The van der Waals surface area contributed by atoms with Crippen molar-refractivity contribution in [1.29, 1.82) is 5.26 Å². The van der Waals surface area contributed by atoms with Gasteiger partial charge in [-0.3, -0.25) is 0 Å². The van der Waals surface area contributed by atoms with E-state index in [2.05, 4.69) is 44.2 Å². The standard InChI is InChI=1S/C15H20N2S/c1-11(2)12-3-7-14(8-4-12)18-10-15(17,9-16)13-5-6-13/h3-4,7-8,11,13H,5-6,10,17H2,1-2H3. The highest BCUT2D eigenvalue weighted by Gasteiger charge is 2.42. The molecule has 1 aromatic rings. The summed E-state index contributed by atoms with van der Waals surface area (Å²) in [6.07, 6.45) is 2.22. The summed E-state index contributed by atoms with van der Waals surface area (Å²) in [5.74, 6) is 1.66. The van der Waals surface area contributed by atoms with Crippen LogP contribution in [0.2, 0.25) is 0 Å². The minimum absolute atomic E-state index is 0.407. The van der Waals surface area contributed by atoms with E-state index in [9.17, 15) is 5.26 Å². The number of nitrogens with two attached hydrogens (primary N) is 1. The first-order valence-corrected chi connectivity index (χ1v) is 7.46. The fraction of sp³-hybridized carbons (Fsp3) is 0.533. The third-order valence-electron chi connectivity index (χ3n) is 3.54. The summed E-state index contributed by atoms with van der Waals surface area (Å²) in [7, 11) is 0. The largest absolute Gasteiger partial charge is 0.312 e. The van der Waals surface area contributed by atoms with Crippen molar-refractivity contribution in [2.24, 2.45) is 11.7 Å². The molecule has 0 aromatic heterocycles. The average molecular weight is 260 g/mol. The third-order valence-corrected chi connectivity index (χ3v) is 4.77. The van der Waals surface area contributed by atoms with E-state index in [0.717, 1.165) is 12.8 Å². The molecule has 0 bridgehead atoms. The Kier molecular flexibility index (Phi) is 3.99. The van der Waals surface area contributed by atoms with Gasteiger partial charge in [0, 0.05) is 10.6 Å². The minimum atomic E-state index is -0.638. The minimum Gasteiger partial charge on any atom is -0.312 e. The number of hydrogen-bond acceptors (Lipinski definition) is 3. The fourth-order valence-electron chi connectivity index (χ4n) is 1.99. The van der Waals surface area contributed by atoms with Gasteiger partial charge in [0.05, 0.1) is 6.07 Å². The molecule has 1 aromatic carbocycles. The topological polar surface area (TPSA) is 49.8 Å². The van der Waals surface area contributed by atoms with Gasteiger partial charge >= 0.3 is 0 Å². The molecule has 0 amide bonds. The van der Waals surface area contributed by atoms with Crippen molar-refractivity contribution in [1.82, 2.24) is 0 Å². The normalized spacial score (nSPS) is 18.4. The zero-order valence-electron chi connectivity index (χ0n) is 11.0. The molecule has 1 aliphatic carbocycles. The van der Waals surface area contributed by atoms with E-state index in [-0.39, 0.29) is 0 Å². The molecule has 1 fully saturated rings. The maximum atomic E-state index is 9.20. The lowest BCUT2D eigenvalue weighted by Crippen LogP contribution is -2.43. The van der Waals surface area contributed by atoms with Gasteiger partial charge in [-0.2, -0.15) is 5.26 Å². The molecule has 18 heavy (non-hydrogen) atoms. The van der Waals surface area contributed by atoms with Crippen LogP contribution in [0.4, 0.5) is 0 Å². The first-order chi connectivity index (χ1) is 8.55. The summed E-state index contributed by atoms with van der Waals surface area (Å²) in [4.78, 5) is 1.20. The third kappa shape index (κ3) is 3.07. The summed E-state index contributed by atoms with van der Waals surface area (Å²) in [6, 6.07) is 10.9. The Morgan fingerprint density at radius 3 is 2.44 bits per heavy atom. The molecule has 1 saturated carbocycles. The van der Waals surface area contributed by atoms with Gasteiger partial charge in [0.25, 0.3) is 0 Å². The Morgan fingerprint density at radius 1 is 1.39 bits per heavy atom. The van der Waals surface area contributed by atoms with Crippen LogP contribution in [-0.4, -0.2) is 11.3 Å². The van der Waals surface area contributed by atoms with E-state index in [0.29, 0.717) is 17.6 Å². The lowest BCUT2D eigenvalue weighted by atomic mass is 10.00. The monoisotopic (exact) mass is 260 g/mol. The Morgan fingerprint density at radius 2 is 2.00 bits per heavy atom. The van der Waals surface area contributed by atoms with Crippen LogP contribution in [0.5, 0.6) is 0 Å². The quantitative estimate of drug-likeness (QED) is 0.824. The van der Waals surface area contributed by atoms with E-state index < -0.39 is 5.54 Å². The molecule has 3 heteroatoms. The van der Waals surface area contributed by atoms with Crippen LogP contribution in [0.15, 0.2) is 29.2 Å². The molecule has 2 N–H and O–H groups in total. The van der Waals surface area contributed by atoms with Gasteiger partial charge in [0.1, 0.15) is 5.54 Å². The number of nitriles is 1. The first-order valence-electron chi connectivity index (χ1n) is 6.48. The maximum absolute atomic E-state index is 9.20. The second-order valence-electron chi connectivity index (χ2n) is 5.44. The molecule has 96 valence electrons. The van der Waals surface area contributed by atoms with E-state index >= 15 is 0 Å². The molecule has 1 aliphatic rings. The Hall–Kier alpha value is -0.980. The summed E-state index contributed by atoms with van der Waals surface area (Å²) in [6.45, 7) is 4.38. The lowest BCUT2D eigenvalue weighted by molar-refractivity contribution is 0.532. The molecule has 0 aliphatic heterocycles. The van der Waals surface area contributed by atoms with Crippen molar-refractivity contribution in [3.63, 3.8) is 0 Å². The Bertz CT molecular complexity index is 443. The highest BCUT2D eigenvalue weighted by molar-refractivity contribution is 7.99. The molecular weight excluding hydrogens is 240 g/mol. The second-order valence-corrected chi connectivity index (χ2v) is 6.49. The summed E-state index contributed by atoms with van der Waals surface area (Å²) >= 11 is 1.69. The van der Waals surface area contributed by atoms with Crippen molar-refractivity contribution >= 4 is 11.8 Å². The predicted octanol–water partition coefficient (Wildman–Crippen LogP) is 3.53. The van der Waals surface area contributed by atoms with Crippen molar-refractivity contribution < 1.29 is 0 Å². The van der Waals surface area contributed by atoms with Crippen LogP contribution in [0.25, 0.3) is 0 Å². The van der Waals surface area contributed by atoms with Crippen molar-refractivity contribution in [3.05, 3.63) is 29.8 Å². The van der Waals surface area contributed by atoms with E-state index in [1.807, 2.05) is 0 Å². The van der Waals surface area contributed by atoms with Crippen molar-refractivity contribution in [2.75, 3.05) is 5.75 Å². The molecule has 0 spiro atoms. The number of benzene rings is 1. The van der Waals surface area contributed by atoms with E-state index in [1.54, 1.807) is 11.8 Å². The van der Waals surface area contributed by atoms with Crippen LogP contribution in [0.3, 0.4) is 0 Å². The first kappa shape index (κ1) is 13.5. The fourth-order valence-corrected chi connectivity index (χ4v) is 3.03. The molecule has 0 heterocycles. The molecule has 2 nitrogen and oxygen atoms in total. The molecule has 1 atom stereocenters. The second kappa shape index (κ2) is 5.34. The van der Waals surface area contributed by atoms with Gasteiger partial charge in [-0.25, -0.2) is 0 Å². The zero-order chi connectivity index (χ0) is 13.2. The summed E-state index contributed by atoms with van der Waals surface area (Å²) < 4.78 is 0. The summed E-state index contributed by atoms with van der Waals surface area (Å²) in [5.41, 5.74) is 6.86. The van der Waals surface area contributed by atoms with E-state index in [4.69, 9.17) is 5.73 Å². The van der Waals surface area contributed by atoms with Crippen LogP contribution in [-0.2, 0) is 0 Å². The van der Waals surface area contributed by atoms with Crippen LogP contribution in [0.1, 0.15) is 38.2 Å². The van der Waals surface area contributed by atoms with Gasteiger partial charge in [-0.05, 0) is 42.4 Å². The van der Waals surface area contributed by atoms with Gasteiger partial charge < -0.3 is 5.73 Å². The van der Waals surface area contributed by atoms with Crippen molar-refractivity contribution in [2.45, 2.75) is 43.0 Å². The average Bonchev–Trinajstić information content (AvgIpc) is 3.21. The lowest BCUT2D eigenvalue weighted by Gasteiger charge is -2.20. The number of thioether (sulfide) groups is 1. The zero-order valence-corrected chi connectivity index (χ0v) is 11.8. The molecular formula is C15H20N2S. The smallest absolute Gasteiger partial charge is 0.116 e. The molecule has 1 unspecified atom stereocenters. The number of rotatable bonds is 5. The number of nitrogens with zero attached hydrogens (tertiary/aromatic N) is 1. The van der Waals surface area contributed by atoms with E-state index in [1.165, 1.54) is 10.5 Å². The van der Waals surface area contributed by atoms with Gasteiger partial charge in [0.15, 0.2) is 0 Å². The Labute approximate surface area is 114 Å². The Balaban J connectivity index is 1.96. The molecule has 0 radical (unpaired) electrons. The van der Waals surface area contributed by atoms with Crippen LogP contribution >= 0.6 is 11.8 Å². The molecule has 2 rings (SSSR count). The predicted molar refractivity (Wildman–Crippen MR) is 76.5 cm³/mol. The summed E-state index contributed by atoms with van der Waals surface area (Å²) in [5, 5.41) is 9.20. The SMILES string of the molecule is CC(C)c1ccc(SCC(N)(C#N)C2CC2)cc1.